The predicted molar refractivity (Wildman–Crippen MR) is 96.6 cm³/mol. The van der Waals surface area contributed by atoms with E-state index in [-0.39, 0.29) is 18.1 Å². The lowest BCUT2D eigenvalue weighted by atomic mass is 10.1. The van der Waals surface area contributed by atoms with Gasteiger partial charge in [-0.2, -0.15) is 5.10 Å². The summed E-state index contributed by atoms with van der Waals surface area (Å²) in [5, 5.41) is 15.8. The summed E-state index contributed by atoms with van der Waals surface area (Å²) in [6.07, 6.45) is 0. The van der Waals surface area contributed by atoms with Gasteiger partial charge in [0, 0.05) is 10.6 Å². The van der Waals surface area contributed by atoms with E-state index in [0.29, 0.717) is 27.0 Å². The molecule has 0 saturated heterocycles. The van der Waals surface area contributed by atoms with Crippen molar-refractivity contribution in [1.82, 2.24) is 9.78 Å². The van der Waals surface area contributed by atoms with Crippen LogP contribution in [-0.2, 0) is 4.74 Å². The molecular weight excluding hydrogens is 364 g/mol. The molecule has 1 heterocycles. The standard InChI is InChI=1S/C18H14Cl2N2O3/c1-2-25-18(24)15-17(23)16(11-7-9-12(19)10-8-11)22(21-15)14-6-4-3-5-13(14)20/h3-10,23H,2H2,1H3/i15+1. The van der Waals surface area contributed by atoms with Crippen molar-refractivity contribution < 1.29 is 14.6 Å². The normalized spacial score (nSPS) is 10.7. The molecule has 3 aromatic rings. The Balaban J connectivity index is 2.25. The summed E-state index contributed by atoms with van der Waals surface area (Å²) in [6, 6.07) is 13.8. The molecule has 0 saturated carbocycles. The molecule has 7 heteroatoms. The molecule has 25 heavy (non-hydrogen) atoms. The van der Waals surface area contributed by atoms with Crippen LogP contribution < -0.4 is 0 Å². The molecule has 1 N–H and O–H groups in total. The maximum absolute atomic E-state index is 12.1. The van der Waals surface area contributed by atoms with Gasteiger partial charge in [-0.25, -0.2) is 9.48 Å². The summed E-state index contributed by atoms with van der Waals surface area (Å²) in [4.78, 5) is 12.1. The highest BCUT2D eigenvalue weighted by Crippen LogP contribution is 2.36. The molecular formula is C18H14Cl2N2O3. The van der Waals surface area contributed by atoms with Crippen LogP contribution >= 0.6 is 23.2 Å². The number of ether oxygens (including phenoxy) is 1. The summed E-state index contributed by atoms with van der Waals surface area (Å²) >= 11 is 12.2. The van der Waals surface area contributed by atoms with Crippen molar-refractivity contribution in [3.05, 3.63) is 64.3 Å². The number of aromatic nitrogens is 2. The molecule has 5 nitrogen and oxygen atoms in total. The van der Waals surface area contributed by atoms with Gasteiger partial charge in [0.2, 0.25) is 5.69 Å². The number of rotatable bonds is 4. The van der Waals surface area contributed by atoms with E-state index in [0.717, 1.165) is 0 Å². The number of para-hydroxylation sites is 1. The van der Waals surface area contributed by atoms with Gasteiger partial charge in [0.1, 0.15) is 5.69 Å². The summed E-state index contributed by atoms with van der Waals surface area (Å²) in [7, 11) is 0. The highest BCUT2D eigenvalue weighted by Gasteiger charge is 2.26. The van der Waals surface area contributed by atoms with E-state index in [1.807, 2.05) is 0 Å². The van der Waals surface area contributed by atoms with Crippen molar-refractivity contribution in [2.45, 2.75) is 6.92 Å². The van der Waals surface area contributed by atoms with Crippen LogP contribution in [-0.4, -0.2) is 27.5 Å². The highest BCUT2D eigenvalue weighted by molar-refractivity contribution is 6.32. The summed E-state index contributed by atoms with van der Waals surface area (Å²) in [6.45, 7) is 1.85. The Morgan fingerprint density at radius 1 is 1.16 bits per heavy atom. The number of hydrogen-bond donors (Lipinski definition) is 1. The lowest BCUT2D eigenvalue weighted by Crippen LogP contribution is -2.07. The molecule has 1 aromatic heterocycles. The number of carbonyl (C=O) groups is 1. The summed E-state index contributed by atoms with van der Waals surface area (Å²) < 4.78 is 6.39. The maximum atomic E-state index is 12.1. The van der Waals surface area contributed by atoms with Crippen LogP contribution in [0.4, 0.5) is 0 Å². The van der Waals surface area contributed by atoms with E-state index in [4.69, 9.17) is 27.9 Å². The van der Waals surface area contributed by atoms with E-state index in [1.165, 1.54) is 4.68 Å². The molecule has 0 radical (unpaired) electrons. The third-order valence-electron chi connectivity index (χ3n) is 3.53. The smallest absolute Gasteiger partial charge is 0.362 e. The Bertz CT molecular complexity index is 921. The SMILES string of the molecule is CCOC(=O)[13c]1nn(-c2ccccc2Cl)c(-c2ccc(Cl)cc2)c1O. The minimum Gasteiger partial charge on any atom is -0.504 e. The minimum atomic E-state index is -0.707. The molecule has 0 spiro atoms. The first-order valence-electron chi connectivity index (χ1n) is 7.53. The number of benzene rings is 2. The summed E-state index contributed by atoms with van der Waals surface area (Å²) in [5.41, 5.74) is 1.31. The molecule has 0 aliphatic heterocycles. The van der Waals surface area contributed by atoms with E-state index in [9.17, 15) is 9.90 Å². The van der Waals surface area contributed by atoms with Crippen molar-refractivity contribution in [2.75, 3.05) is 6.61 Å². The zero-order chi connectivity index (χ0) is 18.0. The van der Waals surface area contributed by atoms with E-state index < -0.39 is 5.97 Å². The molecule has 0 amide bonds. The molecule has 0 fully saturated rings. The van der Waals surface area contributed by atoms with E-state index in [1.54, 1.807) is 55.5 Å². The van der Waals surface area contributed by atoms with Gasteiger partial charge in [0.25, 0.3) is 0 Å². The van der Waals surface area contributed by atoms with Crippen LogP contribution in [0.3, 0.4) is 0 Å². The quantitative estimate of drug-likeness (QED) is 0.667. The lowest BCUT2D eigenvalue weighted by Gasteiger charge is -2.09. The Morgan fingerprint density at radius 2 is 1.84 bits per heavy atom. The maximum Gasteiger partial charge on any atom is 0.362 e. The highest BCUT2D eigenvalue weighted by atomic mass is 35.5. The second-order valence-corrected chi connectivity index (χ2v) is 5.98. The molecule has 0 unspecified atom stereocenters. The Labute approximate surface area is 154 Å². The van der Waals surface area contributed by atoms with Crippen molar-refractivity contribution in [3.63, 3.8) is 0 Å². The molecule has 2 aromatic carbocycles. The molecule has 0 aliphatic carbocycles. The molecule has 0 aliphatic rings. The average molecular weight is 378 g/mol. The fraction of sp³-hybridized carbons (Fsp3) is 0.111. The fourth-order valence-electron chi connectivity index (χ4n) is 2.41. The minimum absolute atomic E-state index is 0.174. The first-order valence-corrected chi connectivity index (χ1v) is 8.28. The zero-order valence-electron chi connectivity index (χ0n) is 13.2. The van der Waals surface area contributed by atoms with Crippen molar-refractivity contribution in [1.29, 1.82) is 0 Å². The topological polar surface area (TPSA) is 64.3 Å². The largest absolute Gasteiger partial charge is 0.504 e. The van der Waals surface area contributed by atoms with Gasteiger partial charge in [-0.15, -0.1) is 0 Å². The number of aromatic hydroxyl groups is 1. The van der Waals surface area contributed by atoms with E-state index >= 15 is 0 Å². The molecule has 0 atom stereocenters. The summed E-state index contributed by atoms with van der Waals surface area (Å²) in [5.74, 6) is -0.985. The Morgan fingerprint density at radius 3 is 2.48 bits per heavy atom. The number of hydrogen-bond acceptors (Lipinski definition) is 4. The van der Waals surface area contributed by atoms with Crippen molar-refractivity contribution >= 4 is 29.2 Å². The van der Waals surface area contributed by atoms with Crippen LogP contribution in [0.15, 0.2) is 48.5 Å². The van der Waals surface area contributed by atoms with Crippen molar-refractivity contribution in [3.8, 4) is 22.7 Å². The third kappa shape index (κ3) is 3.34. The number of nitrogens with zero attached hydrogens (tertiary/aromatic N) is 2. The van der Waals surface area contributed by atoms with Gasteiger partial charge < -0.3 is 9.84 Å². The number of carbonyl (C=O) groups excluding carboxylic acids is 1. The van der Waals surface area contributed by atoms with Gasteiger partial charge in [0.15, 0.2) is 5.75 Å². The Hall–Kier alpha value is -2.50. The lowest BCUT2D eigenvalue weighted by molar-refractivity contribution is 0.0515. The molecule has 3 rings (SSSR count). The molecule has 128 valence electrons. The molecule has 0 bridgehead atoms. The van der Waals surface area contributed by atoms with Crippen LogP contribution in [0.25, 0.3) is 16.9 Å². The zero-order valence-corrected chi connectivity index (χ0v) is 14.8. The average Bonchev–Trinajstić information content (AvgIpc) is 2.94. The predicted octanol–water partition coefficient (Wildman–Crippen LogP) is 4.73. The number of halogens is 2. The van der Waals surface area contributed by atoms with Crippen LogP contribution in [0.5, 0.6) is 5.75 Å². The van der Waals surface area contributed by atoms with Crippen LogP contribution in [0.1, 0.15) is 17.4 Å². The fourth-order valence-corrected chi connectivity index (χ4v) is 2.75. The van der Waals surface area contributed by atoms with Crippen LogP contribution in [0.2, 0.25) is 10.0 Å². The third-order valence-corrected chi connectivity index (χ3v) is 4.10. The monoisotopic (exact) mass is 377 g/mol. The Kier molecular flexibility index (Phi) is 4.97. The number of esters is 1. The van der Waals surface area contributed by atoms with Gasteiger partial charge in [-0.1, -0.05) is 47.5 Å². The first-order chi connectivity index (χ1) is 12.0. The second-order valence-electron chi connectivity index (χ2n) is 5.14. The van der Waals surface area contributed by atoms with Gasteiger partial charge in [0.05, 0.1) is 17.3 Å². The van der Waals surface area contributed by atoms with E-state index in [2.05, 4.69) is 5.10 Å². The van der Waals surface area contributed by atoms with Gasteiger partial charge in [-0.05, 0) is 31.2 Å². The first kappa shape index (κ1) is 17.3. The van der Waals surface area contributed by atoms with Crippen molar-refractivity contribution in [2.24, 2.45) is 0 Å². The van der Waals surface area contributed by atoms with Gasteiger partial charge in [-0.3, -0.25) is 0 Å². The van der Waals surface area contributed by atoms with Gasteiger partial charge >= 0.3 is 5.97 Å². The second kappa shape index (κ2) is 7.17. The van der Waals surface area contributed by atoms with Crippen LogP contribution in [0, 0.1) is 0 Å².